The van der Waals surface area contributed by atoms with Crippen LogP contribution in [0, 0.1) is 13.8 Å². The molecular formula is C14H14ClN3S2. The molecule has 1 atom stereocenters. The van der Waals surface area contributed by atoms with E-state index in [1.165, 1.54) is 14.6 Å². The fourth-order valence-corrected chi connectivity index (χ4v) is 4.07. The molecule has 0 amide bonds. The van der Waals surface area contributed by atoms with Crippen molar-refractivity contribution in [2.75, 3.05) is 5.32 Å². The Kier molecular flexibility index (Phi) is 3.67. The van der Waals surface area contributed by atoms with Gasteiger partial charge >= 0.3 is 0 Å². The number of nitrogens with one attached hydrogen (secondary N) is 1. The molecule has 3 aromatic heterocycles. The van der Waals surface area contributed by atoms with Gasteiger partial charge in [0, 0.05) is 14.6 Å². The summed E-state index contributed by atoms with van der Waals surface area (Å²) in [6.07, 6.45) is 0. The van der Waals surface area contributed by atoms with Crippen LogP contribution in [0.15, 0.2) is 18.2 Å². The van der Waals surface area contributed by atoms with E-state index in [-0.39, 0.29) is 11.3 Å². The van der Waals surface area contributed by atoms with Crippen LogP contribution in [0.4, 0.5) is 5.82 Å². The Balaban J connectivity index is 1.97. The summed E-state index contributed by atoms with van der Waals surface area (Å²) < 4.78 is 0. The van der Waals surface area contributed by atoms with Crippen molar-refractivity contribution in [1.29, 1.82) is 0 Å². The quantitative estimate of drug-likeness (QED) is 0.673. The lowest BCUT2D eigenvalue weighted by Crippen LogP contribution is -2.07. The molecule has 0 radical (unpaired) electrons. The zero-order chi connectivity index (χ0) is 14.3. The summed E-state index contributed by atoms with van der Waals surface area (Å²) in [5.74, 6) is 0.808. The monoisotopic (exact) mass is 323 g/mol. The van der Waals surface area contributed by atoms with Gasteiger partial charge in [-0.25, -0.2) is 9.97 Å². The third kappa shape index (κ3) is 2.66. The van der Waals surface area contributed by atoms with Gasteiger partial charge in [-0.3, -0.25) is 0 Å². The highest BCUT2D eigenvalue weighted by molar-refractivity contribution is 7.18. The van der Waals surface area contributed by atoms with Crippen LogP contribution in [0.5, 0.6) is 0 Å². The molecule has 0 aliphatic heterocycles. The van der Waals surface area contributed by atoms with Gasteiger partial charge in [-0.2, -0.15) is 0 Å². The summed E-state index contributed by atoms with van der Waals surface area (Å²) in [5, 5.41) is 4.78. The van der Waals surface area contributed by atoms with E-state index in [0.29, 0.717) is 0 Å². The molecule has 1 unspecified atom stereocenters. The van der Waals surface area contributed by atoms with Crippen LogP contribution in [0.2, 0.25) is 5.28 Å². The maximum Gasteiger partial charge on any atom is 0.225 e. The van der Waals surface area contributed by atoms with E-state index in [2.05, 4.69) is 54.3 Å². The number of hydrogen-bond acceptors (Lipinski definition) is 5. The highest BCUT2D eigenvalue weighted by Gasteiger charge is 2.13. The van der Waals surface area contributed by atoms with Gasteiger partial charge in [0.2, 0.25) is 5.28 Å². The summed E-state index contributed by atoms with van der Waals surface area (Å²) in [7, 11) is 0. The van der Waals surface area contributed by atoms with E-state index in [4.69, 9.17) is 11.6 Å². The Morgan fingerprint density at radius 1 is 1.15 bits per heavy atom. The highest BCUT2D eigenvalue weighted by Crippen LogP contribution is 2.32. The topological polar surface area (TPSA) is 37.8 Å². The van der Waals surface area contributed by atoms with Crippen molar-refractivity contribution in [1.82, 2.24) is 9.97 Å². The summed E-state index contributed by atoms with van der Waals surface area (Å²) >= 11 is 9.44. The Morgan fingerprint density at radius 3 is 2.65 bits per heavy atom. The number of halogens is 1. The van der Waals surface area contributed by atoms with Crippen molar-refractivity contribution in [3.63, 3.8) is 0 Å². The first kappa shape index (κ1) is 13.8. The van der Waals surface area contributed by atoms with Gasteiger partial charge < -0.3 is 5.32 Å². The normalized spacial score (nSPS) is 12.8. The third-order valence-electron chi connectivity index (χ3n) is 3.03. The second-order valence-corrected chi connectivity index (χ2v) is 7.62. The van der Waals surface area contributed by atoms with E-state index in [9.17, 15) is 0 Å². The van der Waals surface area contributed by atoms with Crippen molar-refractivity contribution in [2.24, 2.45) is 0 Å². The van der Waals surface area contributed by atoms with Gasteiger partial charge in [-0.15, -0.1) is 22.7 Å². The predicted octanol–water partition coefficient (Wildman–Crippen LogP) is 5.20. The van der Waals surface area contributed by atoms with Gasteiger partial charge in [0.15, 0.2) is 0 Å². The smallest absolute Gasteiger partial charge is 0.225 e. The third-order valence-corrected chi connectivity index (χ3v) is 5.33. The summed E-state index contributed by atoms with van der Waals surface area (Å²) in [6.45, 7) is 6.31. The van der Waals surface area contributed by atoms with Crippen LogP contribution in [0.1, 0.15) is 27.6 Å². The van der Waals surface area contributed by atoms with Crippen LogP contribution in [-0.2, 0) is 0 Å². The van der Waals surface area contributed by atoms with Crippen molar-refractivity contribution < 1.29 is 0 Å². The van der Waals surface area contributed by atoms with Crippen molar-refractivity contribution in [3.8, 4) is 0 Å². The van der Waals surface area contributed by atoms with E-state index in [1.54, 1.807) is 22.7 Å². The largest absolute Gasteiger partial charge is 0.362 e. The maximum atomic E-state index is 6.01. The molecule has 0 spiro atoms. The molecule has 3 heterocycles. The summed E-state index contributed by atoms with van der Waals surface area (Å²) in [6, 6.07) is 6.58. The molecule has 0 bridgehead atoms. The van der Waals surface area contributed by atoms with Crippen LogP contribution in [0.25, 0.3) is 10.2 Å². The van der Waals surface area contributed by atoms with E-state index in [0.717, 1.165) is 16.0 Å². The van der Waals surface area contributed by atoms with E-state index >= 15 is 0 Å². The van der Waals surface area contributed by atoms with Crippen LogP contribution in [-0.4, -0.2) is 9.97 Å². The number of rotatable bonds is 3. The number of thiophene rings is 2. The minimum Gasteiger partial charge on any atom is -0.362 e. The zero-order valence-electron chi connectivity index (χ0n) is 11.4. The maximum absolute atomic E-state index is 6.01. The van der Waals surface area contributed by atoms with Gasteiger partial charge in [0.1, 0.15) is 10.6 Å². The first-order valence-electron chi connectivity index (χ1n) is 6.29. The minimum absolute atomic E-state index is 0.197. The van der Waals surface area contributed by atoms with Crippen molar-refractivity contribution in [2.45, 2.75) is 26.8 Å². The highest BCUT2D eigenvalue weighted by atomic mass is 35.5. The lowest BCUT2D eigenvalue weighted by Gasteiger charge is -2.13. The molecule has 20 heavy (non-hydrogen) atoms. The zero-order valence-corrected chi connectivity index (χ0v) is 13.8. The fourth-order valence-electron chi connectivity index (χ4n) is 2.09. The second kappa shape index (κ2) is 5.31. The Hall–Kier alpha value is -1.17. The standard InChI is InChI=1S/C14H14ClN3S2/c1-7-4-5-11(19-7)9(3)16-12-10-6-8(2)20-13(10)18-14(15)17-12/h4-6,9H,1-3H3,(H,16,17,18). The minimum atomic E-state index is 0.197. The average Bonchev–Trinajstić information content (AvgIpc) is 2.94. The van der Waals surface area contributed by atoms with Gasteiger partial charge in [0.05, 0.1) is 11.4 Å². The lowest BCUT2D eigenvalue weighted by molar-refractivity contribution is 0.898. The molecule has 3 nitrogen and oxygen atoms in total. The number of nitrogens with zero attached hydrogens (tertiary/aromatic N) is 2. The fraction of sp³-hybridized carbons (Fsp3) is 0.286. The molecule has 3 aromatic rings. The Labute approximate surface area is 130 Å². The van der Waals surface area contributed by atoms with Crippen LogP contribution >= 0.6 is 34.3 Å². The van der Waals surface area contributed by atoms with Gasteiger partial charge in [0.25, 0.3) is 0 Å². The first-order chi connectivity index (χ1) is 9.52. The summed E-state index contributed by atoms with van der Waals surface area (Å²) in [4.78, 5) is 13.4. The van der Waals surface area contributed by atoms with E-state index in [1.807, 2.05) is 0 Å². The molecule has 0 aliphatic rings. The second-order valence-electron chi connectivity index (χ2n) is 4.73. The SMILES string of the molecule is Cc1ccc(C(C)Nc2nc(Cl)nc3sc(C)cc23)s1. The van der Waals surface area contributed by atoms with Crippen LogP contribution in [0.3, 0.4) is 0 Å². The van der Waals surface area contributed by atoms with E-state index < -0.39 is 0 Å². The van der Waals surface area contributed by atoms with Gasteiger partial charge in [-0.1, -0.05) is 0 Å². The molecule has 0 aromatic carbocycles. The molecule has 0 aliphatic carbocycles. The molecular weight excluding hydrogens is 310 g/mol. The van der Waals surface area contributed by atoms with Crippen LogP contribution < -0.4 is 5.32 Å². The predicted molar refractivity (Wildman–Crippen MR) is 88.3 cm³/mol. The number of aryl methyl sites for hydroxylation is 2. The Bertz CT molecular complexity index is 763. The van der Waals surface area contributed by atoms with Crippen molar-refractivity contribution in [3.05, 3.63) is 38.1 Å². The van der Waals surface area contributed by atoms with Gasteiger partial charge in [-0.05, 0) is 50.6 Å². The average molecular weight is 324 g/mol. The molecule has 0 fully saturated rings. The summed E-state index contributed by atoms with van der Waals surface area (Å²) in [5.41, 5.74) is 0. The molecule has 1 N–H and O–H groups in total. The lowest BCUT2D eigenvalue weighted by atomic mass is 10.2. The van der Waals surface area contributed by atoms with Crippen molar-refractivity contribution >= 4 is 50.3 Å². The number of aromatic nitrogens is 2. The molecule has 104 valence electrons. The molecule has 3 rings (SSSR count). The molecule has 6 heteroatoms. The number of fused-ring (bicyclic) bond motifs is 1. The number of anilines is 1. The Morgan fingerprint density at radius 2 is 1.95 bits per heavy atom. The first-order valence-corrected chi connectivity index (χ1v) is 8.30. The molecule has 0 saturated carbocycles. The number of hydrogen-bond donors (Lipinski definition) is 1. The molecule has 0 saturated heterocycles.